The lowest BCUT2D eigenvalue weighted by Crippen LogP contribution is -2.17. The molecule has 0 aliphatic heterocycles. The number of rotatable bonds is 9. The van der Waals surface area contributed by atoms with E-state index in [4.69, 9.17) is 9.47 Å². The van der Waals surface area contributed by atoms with Crippen molar-refractivity contribution in [3.8, 4) is 11.5 Å². The number of nitrogens with zero attached hydrogens (tertiary/aromatic N) is 4. The molecule has 0 spiro atoms. The van der Waals surface area contributed by atoms with Gasteiger partial charge in [-0.1, -0.05) is 27.7 Å². The van der Waals surface area contributed by atoms with Gasteiger partial charge < -0.3 is 14.8 Å². The van der Waals surface area contributed by atoms with Crippen LogP contribution in [0.15, 0.2) is 21.8 Å². The zero-order chi connectivity index (χ0) is 16.7. The molecule has 0 aliphatic rings. The first-order valence-electron chi connectivity index (χ1n) is 7.20. The van der Waals surface area contributed by atoms with Crippen LogP contribution in [0.1, 0.15) is 12.5 Å². The number of thioether (sulfide) groups is 1. The van der Waals surface area contributed by atoms with E-state index >= 15 is 0 Å². The number of nitrogens with one attached hydrogen (secondary N) is 1. The summed E-state index contributed by atoms with van der Waals surface area (Å²) in [7, 11) is 3.48. The molecule has 24 heavy (non-hydrogen) atoms. The van der Waals surface area contributed by atoms with Gasteiger partial charge in [-0.3, -0.25) is 0 Å². The number of methoxy groups -OCH3 is 1. The number of benzene rings is 1. The van der Waals surface area contributed by atoms with Gasteiger partial charge in [0, 0.05) is 35.9 Å². The first-order valence-corrected chi connectivity index (χ1v) is 8.98. The summed E-state index contributed by atoms with van der Waals surface area (Å²) in [4.78, 5) is 0. The van der Waals surface area contributed by atoms with Crippen LogP contribution in [0.3, 0.4) is 0 Å². The second-order valence-corrected chi connectivity index (χ2v) is 6.62. The molecule has 0 unspecified atom stereocenters. The fourth-order valence-corrected chi connectivity index (χ4v) is 3.23. The van der Waals surface area contributed by atoms with Crippen LogP contribution in [0, 0.1) is 0 Å². The minimum absolute atomic E-state index is 0. The average molecular weight is 439 g/mol. The van der Waals surface area contributed by atoms with Crippen molar-refractivity contribution < 1.29 is 9.47 Å². The lowest BCUT2D eigenvalue weighted by Gasteiger charge is -2.15. The Labute approximate surface area is 160 Å². The van der Waals surface area contributed by atoms with Crippen molar-refractivity contribution >= 4 is 40.1 Å². The SMILES string of the molecule is CCOc1c(CNCCSc2nnnn2C)cc(Br)cc1OC.Cl. The number of aryl methyl sites for hydroxylation is 1. The monoisotopic (exact) mass is 437 g/mol. The van der Waals surface area contributed by atoms with E-state index in [0.717, 1.165) is 39.0 Å². The fraction of sp³-hybridized carbons (Fsp3) is 0.500. The van der Waals surface area contributed by atoms with E-state index in [1.807, 2.05) is 26.1 Å². The third-order valence-corrected chi connectivity index (χ3v) is 4.48. The summed E-state index contributed by atoms with van der Waals surface area (Å²) in [6.45, 7) is 4.09. The summed E-state index contributed by atoms with van der Waals surface area (Å²) in [6, 6.07) is 3.95. The number of hydrogen-bond donors (Lipinski definition) is 1. The average Bonchev–Trinajstić information content (AvgIpc) is 2.94. The highest BCUT2D eigenvalue weighted by Crippen LogP contribution is 2.34. The fourth-order valence-electron chi connectivity index (χ4n) is 1.99. The second-order valence-electron chi connectivity index (χ2n) is 4.64. The standard InChI is InChI=1S/C14H20BrN5O2S.ClH/c1-4-22-13-10(7-11(15)8-12(13)21-3)9-16-5-6-23-14-17-18-19-20(14)2;/h7-8,16H,4-6,9H2,1-3H3;1H. The highest BCUT2D eigenvalue weighted by molar-refractivity contribution is 9.10. The maximum atomic E-state index is 5.72. The van der Waals surface area contributed by atoms with Gasteiger partial charge in [-0.15, -0.1) is 17.5 Å². The number of aromatic nitrogens is 4. The van der Waals surface area contributed by atoms with Gasteiger partial charge in [0.2, 0.25) is 5.16 Å². The van der Waals surface area contributed by atoms with Crippen LogP contribution in [0.5, 0.6) is 11.5 Å². The molecular formula is C14H21BrClN5O2S. The summed E-state index contributed by atoms with van der Waals surface area (Å²) in [5.74, 6) is 2.40. The topological polar surface area (TPSA) is 74.1 Å². The highest BCUT2D eigenvalue weighted by atomic mass is 79.9. The van der Waals surface area contributed by atoms with Gasteiger partial charge in [-0.2, -0.15) is 0 Å². The number of halogens is 2. The van der Waals surface area contributed by atoms with Crippen molar-refractivity contribution in [2.45, 2.75) is 18.6 Å². The zero-order valence-electron chi connectivity index (χ0n) is 13.8. The molecule has 0 radical (unpaired) electrons. The molecule has 0 bridgehead atoms. The quantitative estimate of drug-likeness (QED) is 0.476. The number of hydrogen-bond acceptors (Lipinski definition) is 7. The van der Waals surface area contributed by atoms with Crippen LogP contribution in [-0.2, 0) is 13.6 Å². The van der Waals surface area contributed by atoms with Gasteiger partial charge in [-0.05, 0) is 29.5 Å². The third-order valence-electron chi connectivity index (χ3n) is 3.01. The summed E-state index contributed by atoms with van der Waals surface area (Å²) < 4.78 is 13.8. The van der Waals surface area contributed by atoms with Gasteiger partial charge >= 0.3 is 0 Å². The van der Waals surface area contributed by atoms with Crippen LogP contribution in [0.4, 0.5) is 0 Å². The summed E-state index contributed by atoms with van der Waals surface area (Å²) in [5, 5.41) is 15.6. The predicted octanol–water partition coefficient (Wildman–Crippen LogP) is 2.68. The Morgan fingerprint density at radius 2 is 2.17 bits per heavy atom. The van der Waals surface area contributed by atoms with Gasteiger partial charge in [0.25, 0.3) is 0 Å². The molecule has 0 aliphatic carbocycles. The van der Waals surface area contributed by atoms with E-state index in [1.165, 1.54) is 0 Å². The minimum Gasteiger partial charge on any atom is -0.493 e. The second kappa shape index (κ2) is 10.8. The maximum Gasteiger partial charge on any atom is 0.209 e. The molecule has 1 aromatic carbocycles. The highest BCUT2D eigenvalue weighted by Gasteiger charge is 2.12. The molecule has 10 heteroatoms. The van der Waals surface area contributed by atoms with Crippen molar-refractivity contribution in [1.82, 2.24) is 25.5 Å². The number of tetrazole rings is 1. The van der Waals surface area contributed by atoms with E-state index in [1.54, 1.807) is 23.6 Å². The first-order chi connectivity index (χ1) is 11.2. The molecule has 0 fully saturated rings. The summed E-state index contributed by atoms with van der Waals surface area (Å²) in [6.07, 6.45) is 0. The molecule has 2 rings (SSSR count). The van der Waals surface area contributed by atoms with E-state index in [2.05, 4.69) is 36.8 Å². The molecule has 1 N–H and O–H groups in total. The number of ether oxygens (including phenoxy) is 2. The molecule has 1 aromatic heterocycles. The Morgan fingerprint density at radius 3 is 2.79 bits per heavy atom. The molecule has 134 valence electrons. The largest absolute Gasteiger partial charge is 0.493 e. The molecule has 0 saturated heterocycles. The molecule has 7 nitrogen and oxygen atoms in total. The van der Waals surface area contributed by atoms with E-state index < -0.39 is 0 Å². The molecule has 2 aromatic rings. The van der Waals surface area contributed by atoms with Crippen molar-refractivity contribution in [2.75, 3.05) is 26.0 Å². The predicted molar refractivity (Wildman–Crippen MR) is 100 cm³/mol. The van der Waals surface area contributed by atoms with E-state index in [0.29, 0.717) is 13.2 Å². The van der Waals surface area contributed by atoms with Crippen LogP contribution >= 0.6 is 40.1 Å². The molecule has 1 heterocycles. The third kappa shape index (κ3) is 5.80. The Kier molecular flexibility index (Phi) is 9.42. The van der Waals surface area contributed by atoms with Crippen molar-refractivity contribution in [2.24, 2.45) is 7.05 Å². The Balaban J connectivity index is 0.00000288. The Hall–Kier alpha value is -1.03. The van der Waals surface area contributed by atoms with E-state index in [9.17, 15) is 0 Å². The smallest absolute Gasteiger partial charge is 0.209 e. The minimum atomic E-state index is 0. The lowest BCUT2D eigenvalue weighted by atomic mass is 10.2. The van der Waals surface area contributed by atoms with Crippen LogP contribution < -0.4 is 14.8 Å². The van der Waals surface area contributed by atoms with Crippen molar-refractivity contribution in [3.63, 3.8) is 0 Å². The van der Waals surface area contributed by atoms with Crippen molar-refractivity contribution in [1.29, 1.82) is 0 Å². The molecular weight excluding hydrogens is 418 g/mol. The first kappa shape index (κ1) is 21.0. The lowest BCUT2D eigenvalue weighted by molar-refractivity contribution is 0.306. The van der Waals surface area contributed by atoms with Crippen LogP contribution in [0.2, 0.25) is 0 Å². The normalized spacial score (nSPS) is 10.3. The molecule has 0 saturated carbocycles. The van der Waals surface area contributed by atoms with Crippen LogP contribution in [0.25, 0.3) is 0 Å². The molecule has 0 amide bonds. The van der Waals surface area contributed by atoms with Gasteiger partial charge in [0.15, 0.2) is 11.5 Å². The Bertz CT molecular complexity index is 644. The molecule has 0 atom stereocenters. The summed E-state index contributed by atoms with van der Waals surface area (Å²) in [5.41, 5.74) is 1.06. The summed E-state index contributed by atoms with van der Waals surface area (Å²) >= 11 is 5.12. The van der Waals surface area contributed by atoms with Gasteiger partial charge in [-0.25, -0.2) is 4.68 Å². The van der Waals surface area contributed by atoms with Crippen molar-refractivity contribution in [3.05, 3.63) is 22.2 Å². The van der Waals surface area contributed by atoms with Gasteiger partial charge in [0.1, 0.15) is 0 Å². The van der Waals surface area contributed by atoms with Crippen LogP contribution in [-0.4, -0.2) is 46.2 Å². The Morgan fingerprint density at radius 1 is 1.38 bits per heavy atom. The van der Waals surface area contributed by atoms with Gasteiger partial charge in [0.05, 0.1) is 13.7 Å². The zero-order valence-corrected chi connectivity index (χ0v) is 17.0. The maximum absolute atomic E-state index is 5.72. The van der Waals surface area contributed by atoms with E-state index in [-0.39, 0.29) is 12.4 Å².